The van der Waals surface area contributed by atoms with Crippen LogP contribution in [-0.4, -0.2) is 50.1 Å². The minimum absolute atomic E-state index is 0.181. The number of piperazine rings is 1. The summed E-state index contributed by atoms with van der Waals surface area (Å²) in [5.41, 5.74) is 2.17. The normalized spacial score (nSPS) is 14.8. The minimum atomic E-state index is -0.181. The number of amides is 1. The lowest BCUT2D eigenvalue weighted by molar-refractivity contribution is 0.102. The Balaban J connectivity index is 1.80. The van der Waals surface area contributed by atoms with E-state index in [9.17, 15) is 4.79 Å². The summed E-state index contributed by atoms with van der Waals surface area (Å²) in [7, 11) is 0. The van der Waals surface area contributed by atoms with E-state index in [0.29, 0.717) is 17.2 Å². The number of hydrogen-bond acceptors (Lipinski definition) is 4. The molecule has 1 amide bonds. The molecule has 1 aliphatic rings. The third kappa shape index (κ3) is 4.80. The zero-order valence-electron chi connectivity index (χ0n) is 16.2. The van der Waals surface area contributed by atoms with Gasteiger partial charge in [-0.3, -0.25) is 4.79 Å². The van der Waals surface area contributed by atoms with Gasteiger partial charge in [0.25, 0.3) is 5.91 Å². The van der Waals surface area contributed by atoms with Crippen molar-refractivity contribution >= 4 is 44.8 Å². The van der Waals surface area contributed by atoms with E-state index in [-0.39, 0.29) is 5.91 Å². The van der Waals surface area contributed by atoms with Gasteiger partial charge < -0.3 is 19.9 Å². The average molecular weight is 467 g/mol. The molecule has 5 nitrogen and oxygen atoms in total. The van der Waals surface area contributed by atoms with Crippen molar-refractivity contribution in [2.45, 2.75) is 13.8 Å². The standard InChI is InChI=1S/C21H25BrClN3O2/c1-3-25-10-12-26(13-11-25)20-17(23)6-5-7-18(20)24-21(27)15-8-9-19(28-4-2)16(22)14-15/h5-9,14H,3-4,10-13H2,1-2H3,(H,24,27). The number of nitrogens with zero attached hydrogens (tertiary/aromatic N) is 2. The SMILES string of the molecule is CCOc1ccc(C(=O)Nc2cccc(Cl)c2N2CCN(CC)CC2)cc1Br. The maximum atomic E-state index is 12.8. The van der Waals surface area contributed by atoms with Gasteiger partial charge in [-0.2, -0.15) is 0 Å². The molecule has 0 atom stereocenters. The number of para-hydroxylation sites is 1. The van der Waals surface area contributed by atoms with Gasteiger partial charge in [0.1, 0.15) is 5.75 Å². The first-order valence-corrected chi connectivity index (χ1v) is 10.7. The fourth-order valence-electron chi connectivity index (χ4n) is 3.33. The maximum Gasteiger partial charge on any atom is 0.255 e. The van der Waals surface area contributed by atoms with E-state index in [2.05, 4.69) is 38.0 Å². The topological polar surface area (TPSA) is 44.8 Å². The summed E-state index contributed by atoms with van der Waals surface area (Å²) in [5.74, 6) is 0.538. The van der Waals surface area contributed by atoms with Gasteiger partial charge in [0.05, 0.1) is 27.5 Å². The summed E-state index contributed by atoms with van der Waals surface area (Å²) in [5, 5.41) is 3.68. The van der Waals surface area contributed by atoms with Gasteiger partial charge in [0.2, 0.25) is 0 Å². The molecule has 0 spiro atoms. The van der Waals surface area contributed by atoms with Crippen molar-refractivity contribution in [2.24, 2.45) is 0 Å². The molecule has 1 aliphatic heterocycles. The van der Waals surface area contributed by atoms with Crippen molar-refractivity contribution in [2.75, 3.05) is 49.5 Å². The highest BCUT2D eigenvalue weighted by molar-refractivity contribution is 9.10. The molecule has 1 fully saturated rings. The molecule has 0 bridgehead atoms. The Kier molecular flexibility index (Phi) is 7.21. The largest absolute Gasteiger partial charge is 0.493 e. The lowest BCUT2D eigenvalue weighted by Crippen LogP contribution is -2.46. The molecule has 1 heterocycles. The van der Waals surface area contributed by atoms with Crippen LogP contribution < -0.4 is 15.0 Å². The Labute approximate surface area is 179 Å². The van der Waals surface area contributed by atoms with Crippen molar-refractivity contribution < 1.29 is 9.53 Å². The van der Waals surface area contributed by atoms with E-state index in [1.807, 2.05) is 25.1 Å². The van der Waals surface area contributed by atoms with Crippen LogP contribution in [0.1, 0.15) is 24.2 Å². The maximum absolute atomic E-state index is 12.8. The second kappa shape index (κ2) is 9.63. The zero-order valence-corrected chi connectivity index (χ0v) is 18.5. The predicted molar refractivity (Wildman–Crippen MR) is 119 cm³/mol. The van der Waals surface area contributed by atoms with E-state index in [0.717, 1.165) is 54.3 Å². The fourth-order valence-corrected chi connectivity index (χ4v) is 4.12. The van der Waals surface area contributed by atoms with Gasteiger partial charge in [-0.25, -0.2) is 0 Å². The number of ether oxygens (including phenoxy) is 1. The number of carbonyl (C=O) groups is 1. The molecule has 7 heteroatoms. The van der Waals surface area contributed by atoms with Crippen molar-refractivity contribution in [1.82, 2.24) is 4.90 Å². The van der Waals surface area contributed by atoms with Crippen LogP contribution in [0.2, 0.25) is 5.02 Å². The van der Waals surface area contributed by atoms with E-state index < -0.39 is 0 Å². The highest BCUT2D eigenvalue weighted by Gasteiger charge is 2.21. The second-order valence-corrected chi connectivity index (χ2v) is 7.85. The number of benzene rings is 2. The van der Waals surface area contributed by atoms with Crippen molar-refractivity contribution in [3.63, 3.8) is 0 Å². The number of carbonyl (C=O) groups excluding carboxylic acids is 1. The number of hydrogen-bond donors (Lipinski definition) is 1. The van der Waals surface area contributed by atoms with Crippen LogP contribution >= 0.6 is 27.5 Å². The Hall–Kier alpha value is -1.76. The molecule has 28 heavy (non-hydrogen) atoms. The Morgan fingerprint density at radius 1 is 1.18 bits per heavy atom. The van der Waals surface area contributed by atoms with Crippen LogP contribution in [-0.2, 0) is 0 Å². The monoisotopic (exact) mass is 465 g/mol. The molecule has 0 radical (unpaired) electrons. The molecule has 0 saturated carbocycles. The van der Waals surface area contributed by atoms with Gasteiger partial charge in [-0.1, -0.05) is 24.6 Å². The van der Waals surface area contributed by atoms with Crippen LogP contribution in [0.15, 0.2) is 40.9 Å². The highest BCUT2D eigenvalue weighted by atomic mass is 79.9. The molecular weight excluding hydrogens is 442 g/mol. The first-order valence-electron chi connectivity index (χ1n) is 9.53. The number of nitrogens with one attached hydrogen (secondary N) is 1. The zero-order chi connectivity index (χ0) is 20.1. The second-order valence-electron chi connectivity index (χ2n) is 6.59. The van der Waals surface area contributed by atoms with E-state index in [1.54, 1.807) is 18.2 Å². The van der Waals surface area contributed by atoms with Gasteiger partial charge in [0, 0.05) is 31.7 Å². The van der Waals surface area contributed by atoms with Crippen LogP contribution in [0.5, 0.6) is 5.75 Å². The summed E-state index contributed by atoms with van der Waals surface area (Å²) in [6, 6.07) is 10.9. The van der Waals surface area contributed by atoms with E-state index in [1.165, 1.54) is 0 Å². The van der Waals surface area contributed by atoms with Crippen LogP contribution in [0.3, 0.4) is 0 Å². The molecule has 0 aliphatic carbocycles. The van der Waals surface area contributed by atoms with Gasteiger partial charge >= 0.3 is 0 Å². The summed E-state index contributed by atoms with van der Waals surface area (Å²) in [6.07, 6.45) is 0. The third-order valence-electron chi connectivity index (χ3n) is 4.86. The predicted octanol–water partition coefficient (Wildman–Crippen LogP) is 4.90. The van der Waals surface area contributed by atoms with Gasteiger partial charge in [-0.15, -0.1) is 0 Å². The molecule has 2 aromatic rings. The van der Waals surface area contributed by atoms with E-state index >= 15 is 0 Å². The summed E-state index contributed by atoms with van der Waals surface area (Å²) >= 11 is 9.98. The molecule has 0 unspecified atom stereocenters. The summed E-state index contributed by atoms with van der Waals surface area (Å²) < 4.78 is 6.27. The fraction of sp³-hybridized carbons (Fsp3) is 0.381. The number of halogens is 2. The third-order valence-corrected chi connectivity index (χ3v) is 5.79. The molecule has 0 aromatic heterocycles. The molecule has 1 N–H and O–H groups in total. The Morgan fingerprint density at radius 3 is 2.57 bits per heavy atom. The number of anilines is 2. The van der Waals surface area contributed by atoms with Crippen LogP contribution in [0.25, 0.3) is 0 Å². The summed E-state index contributed by atoms with van der Waals surface area (Å²) in [6.45, 7) is 9.46. The number of rotatable bonds is 6. The van der Waals surface area contributed by atoms with Gasteiger partial charge in [0.15, 0.2) is 0 Å². The molecule has 1 saturated heterocycles. The lowest BCUT2D eigenvalue weighted by atomic mass is 10.1. The molecule has 3 rings (SSSR count). The first-order chi connectivity index (χ1) is 13.5. The Morgan fingerprint density at radius 2 is 1.93 bits per heavy atom. The smallest absolute Gasteiger partial charge is 0.255 e. The highest BCUT2D eigenvalue weighted by Crippen LogP contribution is 2.35. The van der Waals surface area contributed by atoms with Crippen LogP contribution in [0, 0.1) is 0 Å². The summed E-state index contributed by atoms with van der Waals surface area (Å²) in [4.78, 5) is 17.5. The quantitative estimate of drug-likeness (QED) is 0.658. The van der Waals surface area contributed by atoms with Crippen molar-refractivity contribution in [3.8, 4) is 5.75 Å². The van der Waals surface area contributed by atoms with Crippen molar-refractivity contribution in [3.05, 3.63) is 51.5 Å². The molecule has 2 aromatic carbocycles. The van der Waals surface area contributed by atoms with Crippen LogP contribution in [0.4, 0.5) is 11.4 Å². The van der Waals surface area contributed by atoms with Crippen molar-refractivity contribution in [1.29, 1.82) is 0 Å². The minimum Gasteiger partial charge on any atom is -0.493 e. The van der Waals surface area contributed by atoms with Gasteiger partial charge in [-0.05, 0) is 59.7 Å². The molecule has 150 valence electrons. The lowest BCUT2D eigenvalue weighted by Gasteiger charge is -2.36. The average Bonchev–Trinajstić information content (AvgIpc) is 2.70. The van der Waals surface area contributed by atoms with E-state index in [4.69, 9.17) is 16.3 Å². The molecular formula is C21H25BrClN3O2. The Bertz CT molecular complexity index is 838. The first kappa shape index (κ1) is 21.0. The number of likely N-dealkylation sites (N-methyl/N-ethyl adjacent to an activating group) is 1.